The molecule has 1 aromatic carbocycles. The summed E-state index contributed by atoms with van der Waals surface area (Å²) >= 11 is 0. The average molecular weight is 310 g/mol. The van der Waals surface area contributed by atoms with Crippen LogP contribution in [0, 0.1) is 12.8 Å². The standard InChI is InChI=1S/C19H26N4/c1-4-16-7-5-6-15(3)19(16)22-17-12-18(21-13-20-17)23-10-8-14(2)9-11-23/h5-7,12-14H,4,8-11H2,1-3H3,(H,20,21,22). The van der Waals surface area contributed by atoms with Crippen LogP contribution >= 0.6 is 0 Å². The van der Waals surface area contributed by atoms with Crippen LogP contribution in [-0.4, -0.2) is 23.1 Å². The van der Waals surface area contributed by atoms with Crippen LogP contribution in [0.1, 0.15) is 37.8 Å². The summed E-state index contributed by atoms with van der Waals surface area (Å²) in [4.78, 5) is 11.2. The molecule has 0 saturated carbocycles. The minimum absolute atomic E-state index is 0.824. The van der Waals surface area contributed by atoms with Gasteiger partial charge >= 0.3 is 0 Å². The van der Waals surface area contributed by atoms with Gasteiger partial charge in [-0.3, -0.25) is 0 Å². The molecule has 0 spiro atoms. The van der Waals surface area contributed by atoms with Crippen molar-refractivity contribution in [2.75, 3.05) is 23.3 Å². The summed E-state index contributed by atoms with van der Waals surface area (Å²) in [6.07, 6.45) is 5.15. The summed E-state index contributed by atoms with van der Waals surface area (Å²) in [6, 6.07) is 8.49. The van der Waals surface area contributed by atoms with Crippen molar-refractivity contribution >= 4 is 17.3 Å². The lowest BCUT2D eigenvalue weighted by molar-refractivity contribution is 0.436. The molecule has 0 atom stereocenters. The third kappa shape index (κ3) is 3.63. The maximum atomic E-state index is 4.47. The molecule has 1 saturated heterocycles. The first-order valence-corrected chi connectivity index (χ1v) is 8.60. The molecule has 2 heterocycles. The Morgan fingerprint density at radius 1 is 1.22 bits per heavy atom. The van der Waals surface area contributed by atoms with E-state index in [4.69, 9.17) is 0 Å². The zero-order chi connectivity index (χ0) is 16.2. The van der Waals surface area contributed by atoms with Crippen LogP contribution in [0.3, 0.4) is 0 Å². The van der Waals surface area contributed by atoms with E-state index in [0.29, 0.717) is 0 Å². The Labute approximate surface area is 139 Å². The van der Waals surface area contributed by atoms with Crippen LogP contribution in [0.25, 0.3) is 0 Å². The molecule has 0 radical (unpaired) electrons. The molecule has 1 aromatic heterocycles. The maximum absolute atomic E-state index is 4.47. The van der Waals surface area contributed by atoms with E-state index in [0.717, 1.165) is 37.1 Å². The highest BCUT2D eigenvalue weighted by molar-refractivity contribution is 5.66. The van der Waals surface area contributed by atoms with Crippen molar-refractivity contribution in [2.24, 2.45) is 5.92 Å². The van der Waals surface area contributed by atoms with Crippen molar-refractivity contribution in [3.8, 4) is 0 Å². The van der Waals surface area contributed by atoms with Gasteiger partial charge in [0, 0.05) is 24.8 Å². The minimum Gasteiger partial charge on any atom is -0.356 e. The van der Waals surface area contributed by atoms with Crippen molar-refractivity contribution < 1.29 is 0 Å². The highest BCUT2D eigenvalue weighted by Crippen LogP contribution is 2.27. The third-order valence-electron chi connectivity index (χ3n) is 4.75. The number of hydrogen-bond acceptors (Lipinski definition) is 4. The van der Waals surface area contributed by atoms with Gasteiger partial charge < -0.3 is 10.2 Å². The number of nitrogens with one attached hydrogen (secondary N) is 1. The summed E-state index contributed by atoms with van der Waals surface area (Å²) in [7, 11) is 0. The van der Waals surface area contributed by atoms with Crippen molar-refractivity contribution in [3.05, 3.63) is 41.7 Å². The summed E-state index contributed by atoms with van der Waals surface area (Å²) in [5.74, 6) is 2.73. The largest absolute Gasteiger partial charge is 0.356 e. The molecule has 1 aliphatic heterocycles. The van der Waals surface area contributed by atoms with Crippen LogP contribution in [0.15, 0.2) is 30.6 Å². The van der Waals surface area contributed by atoms with Gasteiger partial charge in [0.1, 0.15) is 18.0 Å². The third-order valence-corrected chi connectivity index (χ3v) is 4.75. The lowest BCUT2D eigenvalue weighted by Crippen LogP contribution is -2.33. The highest BCUT2D eigenvalue weighted by atomic mass is 15.2. The van der Waals surface area contributed by atoms with E-state index < -0.39 is 0 Å². The first kappa shape index (κ1) is 15.8. The van der Waals surface area contributed by atoms with E-state index in [1.165, 1.54) is 29.7 Å². The van der Waals surface area contributed by atoms with Gasteiger partial charge in [0.05, 0.1) is 0 Å². The zero-order valence-corrected chi connectivity index (χ0v) is 14.3. The van der Waals surface area contributed by atoms with Crippen LogP contribution in [0.2, 0.25) is 0 Å². The molecule has 4 heteroatoms. The Balaban J connectivity index is 1.81. The van der Waals surface area contributed by atoms with Gasteiger partial charge in [-0.2, -0.15) is 0 Å². The number of para-hydroxylation sites is 1. The molecule has 2 aromatic rings. The molecule has 23 heavy (non-hydrogen) atoms. The van der Waals surface area contributed by atoms with Crippen LogP contribution in [-0.2, 0) is 6.42 Å². The number of nitrogens with zero attached hydrogens (tertiary/aromatic N) is 3. The Morgan fingerprint density at radius 3 is 2.74 bits per heavy atom. The molecular weight excluding hydrogens is 284 g/mol. The second-order valence-corrected chi connectivity index (χ2v) is 6.52. The Bertz CT molecular complexity index is 660. The van der Waals surface area contributed by atoms with Crippen molar-refractivity contribution in [2.45, 2.75) is 40.0 Å². The molecule has 122 valence electrons. The summed E-state index contributed by atoms with van der Waals surface area (Å²) in [5, 5.41) is 3.50. The SMILES string of the molecule is CCc1cccc(C)c1Nc1cc(N2CCC(C)CC2)ncn1. The lowest BCUT2D eigenvalue weighted by atomic mass is 9.99. The fourth-order valence-corrected chi connectivity index (χ4v) is 3.16. The highest BCUT2D eigenvalue weighted by Gasteiger charge is 2.17. The van der Waals surface area contributed by atoms with Gasteiger partial charge in [0.2, 0.25) is 0 Å². The number of rotatable bonds is 4. The number of benzene rings is 1. The monoisotopic (exact) mass is 310 g/mol. The number of anilines is 3. The van der Waals surface area contributed by atoms with E-state index in [2.05, 4.69) is 65.2 Å². The van der Waals surface area contributed by atoms with Crippen LogP contribution in [0.4, 0.5) is 17.3 Å². The minimum atomic E-state index is 0.824. The molecule has 0 aliphatic carbocycles. The van der Waals surface area contributed by atoms with Crippen LogP contribution < -0.4 is 10.2 Å². The topological polar surface area (TPSA) is 41.0 Å². The Kier molecular flexibility index (Phi) is 4.79. The van der Waals surface area contributed by atoms with Gasteiger partial charge in [0.25, 0.3) is 0 Å². The molecule has 1 fully saturated rings. The van der Waals surface area contributed by atoms with E-state index in [1.807, 2.05) is 0 Å². The summed E-state index contributed by atoms with van der Waals surface area (Å²) < 4.78 is 0. The van der Waals surface area contributed by atoms with Crippen molar-refractivity contribution in [1.82, 2.24) is 9.97 Å². The lowest BCUT2D eigenvalue weighted by Gasteiger charge is -2.31. The predicted octanol–water partition coefficient (Wildman–Crippen LogP) is 4.33. The fraction of sp³-hybridized carbons (Fsp3) is 0.474. The van der Waals surface area contributed by atoms with Crippen LogP contribution in [0.5, 0.6) is 0 Å². The molecule has 3 rings (SSSR count). The number of hydrogen-bond donors (Lipinski definition) is 1. The van der Waals surface area contributed by atoms with Gasteiger partial charge in [-0.1, -0.05) is 32.0 Å². The van der Waals surface area contributed by atoms with E-state index in [-0.39, 0.29) is 0 Å². The van der Waals surface area contributed by atoms with Gasteiger partial charge in [-0.25, -0.2) is 9.97 Å². The normalized spacial score (nSPS) is 15.7. The smallest absolute Gasteiger partial charge is 0.135 e. The summed E-state index contributed by atoms with van der Waals surface area (Å²) in [5.41, 5.74) is 3.74. The van der Waals surface area contributed by atoms with Gasteiger partial charge in [-0.15, -0.1) is 0 Å². The van der Waals surface area contributed by atoms with Gasteiger partial charge in [0.15, 0.2) is 0 Å². The van der Waals surface area contributed by atoms with Crippen molar-refractivity contribution in [1.29, 1.82) is 0 Å². The predicted molar refractivity (Wildman–Crippen MR) is 96.5 cm³/mol. The van der Waals surface area contributed by atoms with Crippen molar-refractivity contribution in [3.63, 3.8) is 0 Å². The second kappa shape index (κ2) is 6.99. The van der Waals surface area contributed by atoms with Gasteiger partial charge in [-0.05, 0) is 43.2 Å². The average Bonchev–Trinajstić information content (AvgIpc) is 2.57. The number of aromatic nitrogens is 2. The first-order valence-electron chi connectivity index (χ1n) is 8.60. The Hall–Kier alpha value is -2.10. The molecule has 1 aliphatic rings. The quantitative estimate of drug-likeness (QED) is 0.912. The Morgan fingerprint density at radius 2 is 2.00 bits per heavy atom. The fourth-order valence-electron chi connectivity index (χ4n) is 3.16. The van der Waals surface area contributed by atoms with E-state index >= 15 is 0 Å². The zero-order valence-electron chi connectivity index (χ0n) is 14.3. The second-order valence-electron chi connectivity index (χ2n) is 6.52. The van der Waals surface area contributed by atoms with E-state index in [1.54, 1.807) is 6.33 Å². The molecule has 1 N–H and O–H groups in total. The maximum Gasteiger partial charge on any atom is 0.135 e. The number of piperidine rings is 1. The molecule has 0 unspecified atom stereocenters. The molecule has 4 nitrogen and oxygen atoms in total. The number of aryl methyl sites for hydroxylation is 2. The summed E-state index contributed by atoms with van der Waals surface area (Å²) in [6.45, 7) is 8.81. The molecule has 0 amide bonds. The molecule has 0 bridgehead atoms. The van der Waals surface area contributed by atoms with E-state index in [9.17, 15) is 0 Å². The first-order chi connectivity index (χ1) is 11.2. The molecular formula is C19H26N4.